The third-order valence-electron chi connectivity index (χ3n) is 1.63. The lowest BCUT2D eigenvalue weighted by molar-refractivity contribution is -0.384. The number of nitrogens with zero attached hydrogens (tertiary/aromatic N) is 1. The van der Waals surface area contributed by atoms with Gasteiger partial charge < -0.3 is 0 Å². The van der Waals surface area contributed by atoms with Gasteiger partial charge in [-0.05, 0) is 12.1 Å². The third-order valence-corrected chi connectivity index (χ3v) is 2.39. The van der Waals surface area contributed by atoms with Crippen LogP contribution in [0.5, 0.6) is 0 Å². The Hall–Kier alpha value is -1.71. The summed E-state index contributed by atoms with van der Waals surface area (Å²) < 4.78 is 30.3. The number of nitro groups is 1. The largest absolute Gasteiger partial charge is 0.359 e. The SMILES string of the molecule is O=C(NS(=O)(=O)O)c1ccc(Cl)c([N+](=O)[O-])c1. The van der Waals surface area contributed by atoms with E-state index in [-0.39, 0.29) is 10.6 Å². The van der Waals surface area contributed by atoms with E-state index in [0.717, 1.165) is 18.2 Å². The maximum Gasteiger partial charge on any atom is 0.359 e. The lowest BCUT2D eigenvalue weighted by Crippen LogP contribution is -2.29. The highest BCUT2D eigenvalue weighted by molar-refractivity contribution is 7.84. The molecule has 0 heterocycles. The number of nitrogens with one attached hydrogen (secondary N) is 1. The zero-order valence-electron chi connectivity index (χ0n) is 7.95. The van der Waals surface area contributed by atoms with E-state index in [1.165, 1.54) is 4.72 Å². The Morgan fingerprint density at radius 3 is 2.53 bits per heavy atom. The number of amides is 1. The van der Waals surface area contributed by atoms with Gasteiger partial charge in [-0.2, -0.15) is 8.42 Å². The third kappa shape index (κ3) is 3.66. The average molecular weight is 281 g/mol. The molecule has 1 amide bonds. The molecule has 0 aromatic heterocycles. The Bertz CT molecular complexity index is 584. The van der Waals surface area contributed by atoms with E-state index < -0.39 is 26.8 Å². The van der Waals surface area contributed by atoms with E-state index in [2.05, 4.69) is 0 Å². The van der Waals surface area contributed by atoms with Gasteiger partial charge in [-0.3, -0.25) is 19.5 Å². The van der Waals surface area contributed by atoms with Crippen molar-refractivity contribution < 1.29 is 22.7 Å². The molecular weight excluding hydrogens is 276 g/mol. The molecule has 0 aliphatic heterocycles. The molecule has 8 nitrogen and oxygen atoms in total. The monoisotopic (exact) mass is 280 g/mol. The molecule has 92 valence electrons. The standard InChI is InChI=1S/C7H5ClN2O6S/c8-5-2-1-4(3-6(5)10(12)13)7(11)9-17(14,15)16/h1-3H,(H,9,11)(H,14,15,16). The smallest absolute Gasteiger partial charge is 0.269 e. The van der Waals surface area contributed by atoms with E-state index in [4.69, 9.17) is 16.2 Å². The number of hydrogen-bond acceptors (Lipinski definition) is 5. The Morgan fingerprint density at radius 2 is 2.06 bits per heavy atom. The summed E-state index contributed by atoms with van der Waals surface area (Å²) in [6.45, 7) is 0. The molecular formula is C7H5ClN2O6S. The minimum atomic E-state index is -4.72. The van der Waals surface area contributed by atoms with Gasteiger partial charge in [0.25, 0.3) is 11.6 Å². The summed E-state index contributed by atoms with van der Waals surface area (Å²) in [5.41, 5.74) is -0.867. The Balaban J connectivity index is 3.13. The summed E-state index contributed by atoms with van der Waals surface area (Å²) in [5.74, 6) is -1.20. The molecule has 0 unspecified atom stereocenters. The van der Waals surface area contributed by atoms with Crippen molar-refractivity contribution in [2.24, 2.45) is 0 Å². The molecule has 1 aromatic carbocycles. The van der Waals surface area contributed by atoms with Crippen molar-refractivity contribution in [3.63, 3.8) is 0 Å². The van der Waals surface area contributed by atoms with Crippen LogP contribution in [0.3, 0.4) is 0 Å². The summed E-state index contributed by atoms with van der Waals surface area (Å²) in [4.78, 5) is 20.9. The number of hydrogen-bond donors (Lipinski definition) is 2. The second-order valence-electron chi connectivity index (χ2n) is 2.83. The first-order valence-corrected chi connectivity index (χ1v) is 5.76. The van der Waals surface area contributed by atoms with Crippen LogP contribution in [0, 0.1) is 10.1 Å². The van der Waals surface area contributed by atoms with Crippen molar-refractivity contribution in [1.29, 1.82) is 0 Å². The molecule has 0 aliphatic rings. The van der Waals surface area contributed by atoms with Crippen molar-refractivity contribution in [1.82, 2.24) is 4.72 Å². The van der Waals surface area contributed by atoms with E-state index in [0.29, 0.717) is 0 Å². The van der Waals surface area contributed by atoms with Crippen LogP contribution in [0.1, 0.15) is 10.4 Å². The first-order valence-electron chi connectivity index (χ1n) is 3.94. The molecule has 0 bridgehead atoms. The molecule has 0 saturated heterocycles. The number of rotatable bonds is 3. The van der Waals surface area contributed by atoms with Crippen LogP contribution >= 0.6 is 11.6 Å². The number of benzene rings is 1. The Kier molecular flexibility index (Phi) is 3.66. The lowest BCUT2D eigenvalue weighted by atomic mass is 10.2. The molecule has 0 spiro atoms. The quantitative estimate of drug-likeness (QED) is 0.478. The highest BCUT2D eigenvalue weighted by Gasteiger charge is 2.18. The molecule has 0 radical (unpaired) electrons. The molecule has 2 N–H and O–H groups in total. The fraction of sp³-hybridized carbons (Fsp3) is 0. The van der Waals surface area contributed by atoms with Gasteiger partial charge in [-0.25, -0.2) is 4.72 Å². The topological polar surface area (TPSA) is 127 Å². The van der Waals surface area contributed by atoms with Gasteiger partial charge >= 0.3 is 10.3 Å². The second kappa shape index (κ2) is 4.65. The fourth-order valence-electron chi connectivity index (χ4n) is 0.970. The van der Waals surface area contributed by atoms with Crippen molar-refractivity contribution in [3.05, 3.63) is 38.9 Å². The van der Waals surface area contributed by atoms with E-state index in [9.17, 15) is 23.3 Å². The average Bonchev–Trinajstić information content (AvgIpc) is 2.14. The molecule has 0 aliphatic carbocycles. The molecule has 17 heavy (non-hydrogen) atoms. The van der Waals surface area contributed by atoms with Gasteiger partial charge in [0, 0.05) is 11.6 Å². The zero-order chi connectivity index (χ0) is 13.2. The Morgan fingerprint density at radius 1 is 1.47 bits per heavy atom. The van der Waals surface area contributed by atoms with Crippen molar-refractivity contribution in [2.75, 3.05) is 0 Å². The summed E-state index contributed by atoms with van der Waals surface area (Å²) >= 11 is 5.49. The molecule has 0 atom stereocenters. The van der Waals surface area contributed by atoms with E-state index >= 15 is 0 Å². The Labute approximate surface area is 100 Å². The number of nitro benzene ring substituents is 1. The highest BCUT2D eigenvalue weighted by Crippen LogP contribution is 2.24. The number of halogens is 1. The molecule has 0 fully saturated rings. The lowest BCUT2D eigenvalue weighted by Gasteiger charge is -2.02. The number of carbonyl (C=O) groups is 1. The van der Waals surface area contributed by atoms with Gasteiger partial charge in [0.15, 0.2) is 0 Å². The predicted molar refractivity (Wildman–Crippen MR) is 57.1 cm³/mol. The normalized spacial score (nSPS) is 10.9. The van der Waals surface area contributed by atoms with E-state index in [1.807, 2.05) is 0 Å². The first kappa shape index (κ1) is 13.4. The molecule has 1 aromatic rings. The van der Waals surface area contributed by atoms with Crippen LogP contribution in [-0.2, 0) is 10.3 Å². The van der Waals surface area contributed by atoms with Crippen molar-refractivity contribution in [3.8, 4) is 0 Å². The van der Waals surface area contributed by atoms with E-state index in [1.54, 1.807) is 0 Å². The highest BCUT2D eigenvalue weighted by atomic mass is 35.5. The maximum atomic E-state index is 11.2. The molecule has 10 heteroatoms. The fourth-order valence-corrected chi connectivity index (χ4v) is 1.51. The van der Waals surface area contributed by atoms with Crippen molar-refractivity contribution >= 4 is 33.5 Å². The summed E-state index contributed by atoms with van der Waals surface area (Å²) in [5, 5.41) is 10.3. The minimum Gasteiger partial charge on any atom is -0.269 e. The van der Waals surface area contributed by atoms with Gasteiger partial charge in [-0.1, -0.05) is 11.6 Å². The van der Waals surface area contributed by atoms with Gasteiger partial charge in [-0.15, -0.1) is 0 Å². The van der Waals surface area contributed by atoms with Crippen LogP contribution in [0.2, 0.25) is 5.02 Å². The van der Waals surface area contributed by atoms with Crippen LogP contribution in [0.15, 0.2) is 18.2 Å². The van der Waals surface area contributed by atoms with Crippen LogP contribution in [0.25, 0.3) is 0 Å². The summed E-state index contributed by atoms with van der Waals surface area (Å²) in [6, 6.07) is 2.94. The van der Waals surface area contributed by atoms with Crippen LogP contribution in [0.4, 0.5) is 5.69 Å². The molecule has 1 rings (SSSR count). The number of carbonyl (C=O) groups excluding carboxylic acids is 1. The first-order chi connectivity index (χ1) is 7.70. The predicted octanol–water partition coefficient (Wildman–Crippen LogP) is 0.781. The van der Waals surface area contributed by atoms with Crippen LogP contribution in [-0.4, -0.2) is 23.8 Å². The van der Waals surface area contributed by atoms with Crippen molar-refractivity contribution in [2.45, 2.75) is 0 Å². The zero-order valence-corrected chi connectivity index (χ0v) is 9.53. The summed E-state index contributed by atoms with van der Waals surface area (Å²) in [7, 11) is -4.72. The molecule has 0 saturated carbocycles. The summed E-state index contributed by atoms with van der Waals surface area (Å²) in [6.07, 6.45) is 0. The van der Waals surface area contributed by atoms with Gasteiger partial charge in [0.2, 0.25) is 0 Å². The second-order valence-corrected chi connectivity index (χ2v) is 4.39. The van der Waals surface area contributed by atoms with Gasteiger partial charge in [0.1, 0.15) is 5.02 Å². The maximum absolute atomic E-state index is 11.2. The van der Waals surface area contributed by atoms with Crippen LogP contribution < -0.4 is 4.72 Å². The minimum absolute atomic E-state index is 0.196. The van der Waals surface area contributed by atoms with Gasteiger partial charge in [0.05, 0.1) is 4.92 Å².